The lowest BCUT2D eigenvalue weighted by Gasteiger charge is -2.27. The van der Waals surface area contributed by atoms with E-state index < -0.39 is 0 Å². The molecule has 27 heavy (non-hydrogen) atoms. The Morgan fingerprint density at radius 1 is 1.04 bits per heavy atom. The fourth-order valence-corrected chi connectivity index (χ4v) is 3.04. The van der Waals surface area contributed by atoms with Crippen LogP contribution in [0.4, 0.5) is 8.78 Å². The van der Waals surface area contributed by atoms with Crippen molar-refractivity contribution in [3.63, 3.8) is 0 Å². The quantitative estimate of drug-likeness (QED) is 0.708. The summed E-state index contributed by atoms with van der Waals surface area (Å²) in [5.41, 5.74) is 2.02. The Hall–Kier alpha value is -3.22. The van der Waals surface area contributed by atoms with Gasteiger partial charge < -0.3 is 9.64 Å². The first-order chi connectivity index (χ1) is 13.1. The van der Waals surface area contributed by atoms with Crippen LogP contribution < -0.4 is 4.74 Å². The largest absolute Gasteiger partial charge is 0.472 e. The van der Waals surface area contributed by atoms with Gasteiger partial charge in [-0.25, -0.2) is 8.78 Å². The van der Waals surface area contributed by atoms with Gasteiger partial charge in [-0.15, -0.1) is 5.10 Å². The normalized spacial score (nSPS) is 13.3. The molecule has 0 unspecified atom stereocenters. The lowest BCUT2D eigenvalue weighted by atomic mass is 10.1. The van der Waals surface area contributed by atoms with Crippen molar-refractivity contribution in [1.82, 2.24) is 14.7 Å². The van der Waals surface area contributed by atoms with E-state index in [-0.39, 0.29) is 24.1 Å². The first-order valence-corrected chi connectivity index (χ1v) is 8.57. The highest BCUT2D eigenvalue weighted by atomic mass is 19.1. The van der Waals surface area contributed by atoms with Crippen molar-refractivity contribution < 1.29 is 18.3 Å². The number of hydrogen-bond acceptors (Lipinski definition) is 3. The van der Waals surface area contributed by atoms with Gasteiger partial charge in [0.25, 0.3) is 5.91 Å². The van der Waals surface area contributed by atoms with E-state index in [1.807, 2.05) is 0 Å². The Kier molecular flexibility index (Phi) is 4.58. The fourth-order valence-electron chi connectivity index (χ4n) is 3.04. The first-order valence-electron chi connectivity index (χ1n) is 8.57. The van der Waals surface area contributed by atoms with Crippen LogP contribution in [0.5, 0.6) is 5.88 Å². The molecule has 1 amide bonds. The van der Waals surface area contributed by atoms with Crippen LogP contribution in [0.1, 0.15) is 21.6 Å². The number of amides is 1. The van der Waals surface area contributed by atoms with E-state index in [9.17, 15) is 13.6 Å². The molecule has 1 aromatic heterocycles. The minimum absolute atomic E-state index is 0.148. The second-order valence-electron chi connectivity index (χ2n) is 6.35. The van der Waals surface area contributed by atoms with Crippen molar-refractivity contribution in [3.05, 3.63) is 83.1 Å². The second-order valence-corrected chi connectivity index (χ2v) is 6.35. The highest BCUT2D eigenvalue weighted by Gasteiger charge is 2.23. The third-order valence-corrected chi connectivity index (χ3v) is 4.43. The number of carbonyl (C=O) groups excluding carboxylic acids is 1. The average Bonchev–Trinajstić information content (AvgIpc) is 3.08. The molecular formula is C20H17F2N3O2. The molecule has 0 spiro atoms. The second kappa shape index (κ2) is 7.19. The van der Waals surface area contributed by atoms with Crippen LogP contribution in [0.2, 0.25) is 0 Å². The number of nitrogens with zero attached hydrogens (tertiary/aromatic N) is 3. The minimum atomic E-state index is -0.372. The summed E-state index contributed by atoms with van der Waals surface area (Å²) in [6, 6.07) is 13.5. The molecule has 5 nitrogen and oxygen atoms in total. The molecule has 2 heterocycles. The Balaban J connectivity index is 1.42. The molecule has 138 valence electrons. The van der Waals surface area contributed by atoms with Crippen molar-refractivity contribution in [2.75, 3.05) is 6.54 Å². The third-order valence-electron chi connectivity index (χ3n) is 4.43. The van der Waals surface area contributed by atoms with Gasteiger partial charge in [-0.1, -0.05) is 12.1 Å². The van der Waals surface area contributed by atoms with E-state index in [2.05, 4.69) is 5.10 Å². The Bertz CT molecular complexity index is 970. The fraction of sp³-hybridized carbons (Fsp3) is 0.200. The number of halogens is 2. The van der Waals surface area contributed by atoms with Crippen LogP contribution in [0.3, 0.4) is 0 Å². The highest BCUT2D eigenvalue weighted by Crippen LogP contribution is 2.20. The molecule has 7 heteroatoms. The Morgan fingerprint density at radius 2 is 1.85 bits per heavy atom. The molecular weight excluding hydrogens is 352 g/mol. The average molecular weight is 369 g/mol. The predicted molar refractivity (Wildman–Crippen MR) is 94.1 cm³/mol. The molecule has 0 saturated carbocycles. The standard InChI is InChI=1S/C20H17F2N3O2/c21-16-6-4-15(5-7-16)20(26)24-8-9-25-18(12-24)11-19(23-25)27-13-14-2-1-3-17(22)10-14/h1-7,10-11H,8-9,12-13H2. The topological polar surface area (TPSA) is 47.4 Å². The summed E-state index contributed by atoms with van der Waals surface area (Å²) < 4.78 is 33.7. The van der Waals surface area contributed by atoms with E-state index in [1.54, 1.807) is 27.8 Å². The van der Waals surface area contributed by atoms with Gasteiger partial charge in [0.15, 0.2) is 0 Å². The summed E-state index contributed by atoms with van der Waals surface area (Å²) in [5, 5.41) is 4.38. The molecule has 0 N–H and O–H groups in total. The molecule has 0 atom stereocenters. The first kappa shape index (κ1) is 17.2. The summed E-state index contributed by atoms with van der Waals surface area (Å²) in [4.78, 5) is 14.3. The summed E-state index contributed by atoms with van der Waals surface area (Å²) in [7, 11) is 0. The molecule has 4 rings (SSSR count). The maximum absolute atomic E-state index is 13.2. The van der Waals surface area contributed by atoms with Gasteiger partial charge in [-0.3, -0.25) is 9.48 Å². The maximum atomic E-state index is 13.2. The molecule has 2 aromatic carbocycles. The number of benzene rings is 2. The smallest absolute Gasteiger partial charge is 0.254 e. The minimum Gasteiger partial charge on any atom is -0.472 e. The molecule has 0 saturated heterocycles. The Labute approximate surface area is 154 Å². The number of carbonyl (C=O) groups is 1. The van der Waals surface area contributed by atoms with Gasteiger partial charge in [0, 0.05) is 18.2 Å². The van der Waals surface area contributed by atoms with Crippen molar-refractivity contribution in [2.24, 2.45) is 0 Å². The van der Waals surface area contributed by atoms with E-state index in [1.165, 1.54) is 36.4 Å². The van der Waals surface area contributed by atoms with Crippen molar-refractivity contribution in [1.29, 1.82) is 0 Å². The van der Waals surface area contributed by atoms with Gasteiger partial charge in [0.05, 0.1) is 18.8 Å². The predicted octanol–water partition coefficient (Wildman–Crippen LogP) is 3.40. The lowest BCUT2D eigenvalue weighted by molar-refractivity contribution is 0.0706. The molecule has 3 aromatic rings. The van der Waals surface area contributed by atoms with E-state index in [4.69, 9.17) is 4.74 Å². The number of hydrogen-bond donors (Lipinski definition) is 0. The van der Waals surface area contributed by atoms with Crippen LogP contribution in [0.15, 0.2) is 54.6 Å². The summed E-state index contributed by atoms with van der Waals surface area (Å²) in [6.07, 6.45) is 0. The molecule has 0 fully saturated rings. The van der Waals surface area contributed by atoms with Gasteiger partial charge in [-0.2, -0.15) is 0 Å². The molecule has 1 aliphatic heterocycles. The zero-order valence-electron chi connectivity index (χ0n) is 14.4. The summed E-state index contributed by atoms with van der Waals surface area (Å²) >= 11 is 0. The van der Waals surface area contributed by atoms with E-state index >= 15 is 0 Å². The van der Waals surface area contributed by atoms with E-state index in [0.29, 0.717) is 36.6 Å². The van der Waals surface area contributed by atoms with Gasteiger partial charge in [0.2, 0.25) is 5.88 Å². The molecule has 1 aliphatic rings. The van der Waals surface area contributed by atoms with Crippen molar-refractivity contribution in [2.45, 2.75) is 19.7 Å². The van der Waals surface area contributed by atoms with Gasteiger partial charge in [-0.05, 0) is 42.0 Å². The van der Waals surface area contributed by atoms with Crippen molar-refractivity contribution >= 4 is 5.91 Å². The van der Waals surface area contributed by atoms with Gasteiger partial charge in [0.1, 0.15) is 18.2 Å². The highest BCUT2D eigenvalue weighted by molar-refractivity contribution is 5.94. The number of rotatable bonds is 4. The Morgan fingerprint density at radius 3 is 2.63 bits per heavy atom. The summed E-state index contributed by atoms with van der Waals surface area (Å²) in [6.45, 7) is 1.67. The van der Waals surface area contributed by atoms with Crippen molar-refractivity contribution in [3.8, 4) is 5.88 Å². The van der Waals surface area contributed by atoms with Crippen LogP contribution in [-0.4, -0.2) is 27.1 Å². The zero-order chi connectivity index (χ0) is 18.8. The monoisotopic (exact) mass is 369 g/mol. The maximum Gasteiger partial charge on any atom is 0.254 e. The van der Waals surface area contributed by atoms with Crippen LogP contribution in [-0.2, 0) is 19.7 Å². The van der Waals surface area contributed by atoms with Crippen LogP contribution >= 0.6 is 0 Å². The van der Waals surface area contributed by atoms with Gasteiger partial charge >= 0.3 is 0 Å². The lowest BCUT2D eigenvalue weighted by Crippen LogP contribution is -2.38. The molecule has 0 radical (unpaired) electrons. The zero-order valence-corrected chi connectivity index (χ0v) is 14.4. The number of fused-ring (bicyclic) bond motifs is 1. The van der Waals surface area contributed by atoms with Crippen LogP contribution in [0, 0.1) is 11.6 Å². The SMILES string of the molecule is O=C(c1ccc(F)cc1)N1CCn2nc(OCc3cccc(F)c3)cc2C1. The van der Waals surface area contributed by atoms with E-state index in [0.717, 1.165) is 5.69 Å². The van der Waals surface area contributed by atoms with Crippen LogP contribution in [0.25, 0.3) is 0 Å². The number of ether oxygens (including phenoxy) is 1. The third kappa shape index (κ3) is 3.81. The number of aromatic nitrogens is 2. The molecule has 0 bridgehead atoms. The summed E-state index contributed by atoms with van der Waals surface area (Å²) in [5.74, 6) is -0.395. The molecule has 0 aliphatic carbocycles.